The van der Waals surface area contributed by atoms with Gasteiger partial charge >= 0.3 is 0 Å². The standard InChI is InChI=1S/C20H16N4O3S2/c1-23(13-6-4-12(5-7-13)18(21)26)16(25)9-24-11-22-19-17(20(24)27)14(10-29-19)15-3-2-8-28-15/h2-8,10-11H,9H2,1H3,(H2,21,26). The number of carbonyl (C=O) groups excluding carboxylic acids is 2. The van der Waals surface area contributed by atoms with Gasteiger partial charge in [-0.15, -0.1) is 22.7 Å². The number of amides is 2. The molecule has 0 saturated carbocycles. The maximum Gasteiger partial charge on any atom is 0.263 e. The van der Waals surface area contributed by atoms with E-state index in [0.29, 0.717) is 21.5 Å². The number of thiophene rings is 2. The average Bonchev–Trinajstić information content (AvgIpc) is 3.39. The molecule has 4 rings (SSSR count). The van der Waals surface area contributed by atoms with Crippen LogP contribution in [0.2, 0.25) is 0 Å². The number of hydrogen-bond acceptors (Lipinski definition) is 6. The SMILES string of the molecule is CN(C(=O)Cn1cnc2scc(-c3cccs3)c2c1=O)c1ccc(C(N)=O)cc1. The second kappa shape index (κ2) is 7.61. The van der Waals surface area contributed by atoms with Crippen LogP contribution in [-0.4, -0.2) is 28.4 Å². The summed E-state index contributed by atoms with van der Waals surface area (Å²) >= 11 is 2.96. The van der Waals surface area contributed by atoms with Crippen molar-refractivity contribution < 1.29 is 9.59 Å². The number of benzene rings is 1. The van der Waals surface area contributed by atoms with E-state index >= 15 is 0 Å². The minimum Gasteiger partial charge on any atom is -0.366 e. The number of rotatable bonds is 5. The summed E-state index contributed by atoms with van der Waals surface area (Å²) in [5, 5.41) is 4.40. The third kappa shape index (κ3) is 3.57. The molecule has 3 heterocycles. The Labute approximate surface area is 173 Å². The predicted molar refractivity (Wildman–Crippen MR) is 116 cm³/mol. The van der Waals surface area contributed by atoms with Gasteiger partial charge in [-0.05, 0) is 35.7 Å². The first-order chi connectivity index (χ1) is 14.0. The number of primary amides is 1. The Kier molecular flexibility index (Phi) is 4.99. The first kappa shape index (κ1) is 19.0. The molecule has 1 aromatic carbocycles. The van der Waals surface area contributed by atoms with Crippen LogP contribution < -0.4 is 16.2 Å². The molecule has 2 N–H and O–H groups in total. The van der Waals surface area contributed by atoms with Crippen LogP contribution in [0.15, 0.2) is 58.3 Å². The van der Waals surface area contributed by atoms with E-state index in [2.05, 4.69) is 4.98 Å². The summed E-state index contributed by atoms with van der Waals surface area (Å²) in [7, 11) is 1.61. The van der Waals surface area contributed by atoms with E-state index in [9.17, 15) is 14.4 Å². The van der Waals surface area contributed by atoms with Gasteiger partial charge in [-0.25, -0.2) is 4.98 Å². The van der Waals surface area contributed by atoms with Crippen LogP contribution in [0, 0.1) is 0 Å². The average molecular weight is 425 g/mol. The fourth-order valence-electron chi connectivity index (χ4n) is 2.94. The molecule has 4 aromatic rings. The van der Waals surface area contributed by atoms with Gasteiger partial charge in [0.15, 0.2) is 0 Å². The van der Waals surface area contributed by atoms with Crippen molar-refractivity contribution in [3.8, 4) is 10.4 Å². The van der Waals surface area contributed by atoms with Crippen LogP contribution in [0.25, 0.3) is 20.7 Å². The molecule has 0 fully saturated rings. The van der Waals surface area contributed by atoms with Crippen LogP contribution in [0.5, 0.6) is 0 Å². The van der Waals surface area contributed by atoms with E-state index in [1.165, 1.54) is 27.1 Å². The molecule has 0 unspecified atom stereocenters. The lowest BCUT2D eigenvalue weighted by Gasteiger charge is -2.18. The van der Waals surface area contributed by atoms with Gasteiger partial charge in [-0.2, -0.15) is 0 Å². The Morgan fingerprint density at radius 3 is 2.59 bits per heavy atom. The quantitative estimate of drug-likeness (QED) is 0.532. The molecule has 0 saturated heterocycles. The van der Waals surface area contributed by atoms with Crippen LogP contribution in [-0.2, 0) is 11.3 Å². The topological polar surface area (TPSA) is 98.3 Å². The number of nitrogens with zero attached hydrogens (tertiary/aromatic N) is 3. The Morgan fingerprint density at radius 1 is 1.17 bits per heavy atom. The summed E-state index contributed by atoms with van der Waals surface area (Å²) in [5.74, 6) is -0.818. The summed E-state index contributed by atoms with van der Waals surface area (Å²) in [6.45, 7) is -0.143. The molecule has 3 aromatic heterocycles. The number of hydrogen-bond donors (Lipinski definition) is 1. The van der Waals surface area contributed by atoms with Crippen molar-refractivity contribution in [2.75, 3.05) is 11.9 Å². The van der Waals surface area contributed by atoms with E-state index < -0.39 is 5.91 Å². The highest BCUT2D eigenvalue weighted by atomic mass is 32.1. The highest BCUT2D eigenvalue weighted by Gasteiger charge is 2.17. The molecular weight excluding hydrogens is 408 g/mol. The molecule has 2 amide bonds. The van der Waals surface area contributed by atoms with Crippen molar-refractivity contribution in [2.24, 2.45) is 5.73 Å². The first-order valence-corrected chi connectivity index (χ1v) is 10.4. The largest absolute Gasteiger partial charge is 0.366 e. The summed E-state index contributed by atoms with van der Waals surface area (Å²) in [6.07, 6.45) is 1.40. The molecule has 0 aliphatic rings. The molecule has 29 heavy (non-hydrogen) atoms. The molecular formula is C20H16N4O3S2. The van der Waals surface area contributed by atoms with Gasteiger partial charge in [-0.1, -0.05) is 6.07 Å². The number of nitrogens with two attached hydrogens (primary N) is 1. The number of carbonyl (C=O) groups is 2. The monoisotopic (exact) mass is 424 g/mol. The lowest BCUT2D eigenvalue weighted by molar-refractivity contribution is -0.118. The van der Waals surface area contributed by atoms with Gasteiger partial charge in [0.2, 0.25) is 11.8 Å². The summed E-state index contributed by atoms with van der Waals surface area (Å²) < 4.78 is 1.32. The van der Waals surface area contributed by atoms with Crippen molar-refractivity contribution in [2.45, 2.75) is 6.54 Å². The highest BCUT2D eigenvalue weighted by Crippen LogP contribution is 2.33. The highest BCUT2D eigenvalue weighted by molar-refractivity contribution is 7.18. The lowest BCUT2D eigenvalue weighted by atomic mass is 10.2. The van der Waals surface area contributed by atoms with Crippen molar-refractivity contribution in [3.05, 3.63) is 69.4 Å². The summed E-state index contributed by atoms with van der Waals surface area (Å²) in [6, 6.07) is 10.3. The van der Waals surface area contributed by atoms with Gasteiger partial charge < -0.3 is 10.6 Å². The third-order valence-corrected chi connectivity index (χ3v) is 6.36. The fraction of sp³-hybridized carbons (Fsp3) is 0.100. The van der Waals surface area contributed by atoms with E-state index in [1.54, 1.807) is 42.6 Å². The van der Waals surface area contributed by atoms with Crippen LogP contribution in [0.3, 0.4) is 0 Å². The zero-order chi connectivity index (χ0) is 20.5. The third-order valence-electron chi connectivity index (χ3n) is 4.57. The Balaban J connectivity index is 1.62. The normalized spacial score (nSPS) is 10.9. The molecule has 0 bridgehead atoms. The first-order valence-electron chi connectivity index (χ1n) is 8.62. The van der Waals surface area contributed by atoms with Crippen LogP contribution in [0.1, 0.15) is 10.4 Å². The van der Waals surface area contributed by atoms with Crippen molar-refractivity contribution in [3.63, 3.8) is 0 Å². The maximum absolute atomic E-state index is 13.0. The second-order valence-electron chi connectivity index (χ2n) is 6.35. The lowest BCUT2D eigenvalue weighted by Crippen LogP contribution is -2.34. The molecule has 0 atom stereocenters. The smallest absolute Gasteiger partial charge is 0.263 e. The molecule has 0 radical (unpaired) electrons. The van der Waals surface area contributed by atoms with E-state index in [1.807, 2.05) is 22.9 Å². The van der Waals surface area contributed by atoms with E-state index in [4.69, 9.17) is 5.73 Å². The Hall–Kier alpha value is -3.30. The molecule has 146 valence electrons. The van der Waals surface area contributed by atoms with Gasteiger partial charge in [-0.3, -0.25) is 19.0 Å². The van der Waals surface area contributed by atoms with Gasteiger partial charge in [0.1, 0.15) is 11.4 Å². The molecule has 0 spiro atoms. The predicted octanol–water partition coefficient (Wildman–Crippen LogP) is 2.95. The summed E-state index contributed by atoms with van der Waals surface area (Å²) in [4.78, 5) is 44.4. The minimum absolute atomic E-state index is 0.143. The van der Waals surface area contributed by atoms with E-state index in [0.717, 1.165) is 10.4 Å². The Bertz CT molecular complexity index is 1260. The van der Waals surface area contributed by atoms with Crippen LogP contribution in [0.4, 0.5) is 5.69 Å². The van der Waals surface area contributed by atoms with Crippen molar-refractivity contribution in [1.82, 2.24) is 9.55 Å². The van der Waals surface area contributed by atoms with E-state index in [-0.39, 0.29) is 18.0 Å². The van der Waals surface area contributed by atoms with Gasteiger partial charge in [0, 0.05) is 34.1 Å². The molecule has 0 aliphatic carbocycles. The zero-order valence-electron chi connectivity index (χ0n) is 15.4. The number of likely N-dealkylation sites (N-methyl/N-ethyl adjacent to an activating group) is 1. The van der Waals surface area contributed by atoms with Crippen LogP contribution >= 0.6 is 22.7 Å². The minimum atomic E-state index is -0.534. The second-order valence-corrected chi connectivity index (χ2v) is 8.15. The summed E-state index contributed by atoms with van der Waals surface area (Å²) in [5.41, 5.74) is 6.79. The van der Waals surface area contributed by atoms with Gasteiger partial charge in [0.05, 0.1) is 11.7 Å². The number of anilines is 1. The zero-order valence-corrected chi connectivity index (χ0v) is 17.0. The molecule has 0 aliphatic heterocycles. The number of aromatic nitrogens is 2. The van der Waals surface area contributed by atoms with Gasteiger partial charge in [0.25, 0.3) is 5.56 Å². The van der Waals surface area contributed by atoms with Crippen molar-refractivity contribution in [1.29, 1.82) is 0 Å². The fourth-order valence-corrected chi connectivity index (χ4v) is 4.66. The Morgan fingerprint density at radius 2 is 1.93 bits per heavy atom. The molecule has 9 heteroatoms. The van der Waals surface area contributed by atoms with Crippen molar-refractivity contribution >= 4 is 50.4 Å². The molecule has 7 nitrogen and oxygen atoms in total. The maximum atomic E-state index is 13.0. The number of fused-ring (bicyclic) bond motifs is 1.